The van der Waals surface area contributed by atoms with Crippen molar-refractivity contribution in [1.29, 1.82) is 0 Å². The van der Waals surface area contributed by atoms with Crippen LogP contribution in [0.2, 0.25) is 0 Å². The summed E-state index contributed by atoms with van der Waals surface area (Å²) in [4.78, 5) is 16.2. The van der Waals surface area contributed by atoms with E-state index in [4.69, 9.17) is 5.11 Å². The molecule has 0 saturated carbocycles. The number of thiazole rings is 1. The summed E-state index contributed by atoms with van der Waals surface area (Å²) in [6.07, 6.45) is 0.126. The molecule has 0 fully saturated rings. The fourth-order valence-corrected chi connectivity index (χ4v) is 3.73. The normalized spacial score (nSPS) is 12.6. The van der Waals surface area contributed by atoms with Gasteiger partial charge in [0.1, 0.15) is 0 Å². The zero-order valence-corrected chi connectivity index (χ0v) is 12.2. The Balaban J connectivity index is 2.18. The minimum Gasteiger partial charge on any atom is -0.481 e. The van der Waals surface area contributed by atoms with Crippen LogP contribution in [0.15, 0.2) is 21.3 Å². The lowest BCUT2D eigenvalue weighted by Gasteiger charge is -2.02. The van der Waals surface area contributed by atoms with Crippen LogP contribution >= 0.6 is 38.6 Å². The number of carboxylic acid groups (broad SMARTS) is 1. The van der Waals surface area contributed by atoms with E-state index in [0.717, 1.165) is 19.4 Å². The number of rotatable bonds is 4. The Labute approximate surface area is 115 Å². The van der Waals surface area contributed by atoms with Crippen LogP contribution in [0.1, 0.15) is 24.3 Å². The first-order chi connectivity index (χ1) is 8.06. The highest BCUT2D eigenvalue weighted by atomic mass is 79.9. The molecule has 0 bridgehead atoms. The van der Waals surface area contributed by atoms with E-state index in [2.05, 4.69) is 20.9 Å². The van der Waals surface area contributed by atoms with Crippen molar-refractivity contribution in [1.82, 2.24) is 4.98 Å². The number of aromatic nitrogens is 1. The summed E-state index contributed by atoms with van der Waals surface area (Å²) in [5.74, 6) is -0.817. The lowest BCUT2D eigenvalue weighted by molar-refractivity contribution is -0.137. The molecule has 2 aromatic heterocycles. The number of thiophene rings is 1. The maximum absolute atomic E-state index is 10.6. The molecule has 0 amide bonds. The topological polar surface area (TPSA) is 50.2 Å². The van der Waals surface area contributed by atoms with E-state index in [1.54, 1.807) is 11.3 Å². The summed E-state index contributed by atoms with van der Waals surface area (Å²) in [5.41, 5.74) is 0.929. The highest BCUT2D eigenvalue weighted by molar-refractivity contribution is 9.11. The van der Waals surface area contributed by atoms with E-state index in [-0.39, 0.29) is 12.3 Å². The lowest BCUT2D eigenvalue weighted by Crippen LogP contribution is -2.02. The molecular weight excluding hydrogens is 322 g/mol. The molecule has 0 aromatic carbocycles. The molecule has 0 aliphatic heterocycles. The molecule has 0 saturated heterocycles. The van der Waals surface area contributed by atoms with Gasteiger partial charge in [0, 0.05) is 11.3 Å². The fourth-order valence-electron chi connectivity index (χ4n) is 1.43. The monoisotopic (exact) mass is 331 g/mol. The Morgan fingerprint density at radius 2 is 2.35 bits per heavy atom. The van der Waals surface area contributed by atoms with Gasteiger partial charge in [-0.3, -0.25) is 4.79 Å². The molecule has 3 nitrogen and oxygen atoms in total. The second kappa shape index (κ2) is 5.29. The number of halogens is 1. The van der Waals surface area contributed by atoms with Crippen molar-refractivity contribution < 1.29 is 9.90 Å². The maximum atomic E-state index is 10.6. The van der Waals surface area contributed by atoms with Crippen molar-refractivity contribution in [3.63, 3.8) is 0 Å². The largest absolute Gasteiger partial charge is 0.481 e. The van der Waals surface area contributed by atoms with E-state index in [9.17, 15) is 4.79 Å². The Kier molecular flexibility index (Phi) is 3.96. The van der Waals surface area contributed by atoms with E-state index in [1.807, 2.05) is 24.4 Å². The van der Waals surface area contributed by atoms with Crippen LogP contribution in [0.3, 0.4) is 0 Å². The van der Waals surface area contributed by atoms with Crippen molar-refractivity contribution >= 4 is 44.6 Å². The number of carboxylic acids is 1. The third-order valence-corrected chi connectivity index (χ3v) is 4.97. The van der Waals surface area contributed by atoms with Gasteiger partial charge in [-0.1, -0.05) is 6.92 Å². The van der Waals surface area contributed by atoms with E-state index >= 15 is 0 Å². The van der Waals surface area contributed by atoms with Crippen LogP contribution in [0.4, 0.5) is 0 Å². The van der Waals surface area contributed by atoms with Crippen LogP contribution < -0.4 is 0 Å². The van der Waals surface area contributed by atoms with Crippen molar-refractivity contribution in [3.05, 3.63) is 26.3 Å². The Morgan fingerprint density at radius 1 is 1.59 bits per heavy atom. The smallest absolute Gasteiger partial charge is 0.304 e. The molecular formula is C11H10BrNO2S2. The van der Waals surface area contributed by atoms with Crippen LogP contribution in [0.25, 0.3) is 10.6 Å². The number of carbonyl (C=O) groups is 1. The zero-order chi connectivity index (χ0) is 12.4. The van der Waals surface area contributed by atoms with Crippen LogP contribution in [-0.2, 0) is 4.79 Å². The van der Waals surface area contributed by atoms with Gasteiger partial charge in [-0.05, 0) is 28.1 Å². The third kappa shape index (κ3) is 3.14. The molecule has 17 heavy (non-hydrogen) atoms. The first kappa shape index (κ1) is 12.7. The third-order valence-electron chi connectivity index (χ3n) is 2.25. The summed E-state index contributed by atoms with van der Waals surface area (Å²) in [5, 5.41) is 11.6. The Morgan fingerprint density at radius 3 is 2.94 bits per heavy atom. The molecule has 0 aliphatic carbocycles. The second-order valence-electron chi connectivity index (χ2n) is 3.67. The van der Waals surface area contributed by atoms with Gasteiger partial charge in [0.05, 0.1) is 25.8 Å². The first-order valence-corrected chi connectivity index (χ1v) is 7.48. The minimum atomic E-state index is -0.784. The van der Waals surface area contributed by atoms with Gasteiger partial charge in [0.25, 0.3) is 0 Å². The van der Waals surface area contributed by atoms with Gasteiger partial charge in [0.15, 0.2) is 0 Å². The summed E-state index contributed by atoms with van der Waals surface area (Å²) >= 11 is 6.56. The highest BCUT2D eigenvalue weighted by Crippen LogP contribution is 2.33. The second-order valence-corrected chi connectivity index (χ2v) is 7.03. The maximum Gasteiger partial charge on any atom is 0.304 e. The minimum absolute atomic E-state index is 0.0327. The van der Waals surface area contributed by atoms with Gasteiger partial charge in [-0.25, -0.2) is 4.98 Å². The molecule has 0 spiro atoms. The predicted octanol–water partition coefficient (Wildman–Crippen LogP) is 4.21. The van der Waals surface area contributed by atoms with Crippen molar-refractivity contribution in [2.75, 3.05) is 0 Å². The summed E-state index contributed by atoms with van der Waals surface area (Å²) < 4.78 is 1.07. The van der Waals surface area contributed by atoms with E-state index in [1.165, 1.54) is 11.3 Å². The Hall–Kier alpha value is -0.720. The highest BCUT2D eigenvalue weighted by Gasteiger charge is 2.15. The van der Waals surface area contributed by atoms with Gasteiger partial charge < -0.3 is 5.11 Å². The molecule has 6 heteroatoms. The predicted molar refractivity (Wildman–Crippen MR) is 73.8 cm³/mol. The van der Waals surface area contributed by atoms with Gasteiger partial charge in [0.2, 0.25) is 0 Å². The van der Waals surface area contributed by atoms with E-state index in [0.29, 0.717) is 0 Å². The van der Waals surface area contributed by atoms with Crippen LogP contribution in [0, 0.1) is 0 Å². The quantitative estimate of drug-likeness (QED) is 0.912. The molecule has 0 radical (unpaired) electrons. The summed E-state index contributed by atoms with van der Waals surface area (Å²) in [7, 11) is 0. The van der Waals surface area contributed by atoms with Gasteiger partial charge in [-0.2, -0.15) is 0 Å². The number of hydrogen-bond donors (Lipinski definition) is 1. The molecule has 2 aromatic rings. The molecule has 2 heterocycles. The molecule has 2 rings (SSSR count). The van der Waals surface area contributed by atoms with Gasteiger partial charge in [-0.15, -0.1) is 22.7 Å². The van der Waals surface area contributed by atoms with Crippen molar-refractivity contribution in [2.24, 2.45) is 0 Å². The average molecular weight is 332 g/mol. The molecule has 0 aliphatic rings. The van der Waals surface area contributed by atoms with Gasteiger partial charge >= 0.3 is 5.97 Å². The zero-order valence-electron chi connectivity index (χ0n) is 9.01. The number of hydrogen-bond acceptors (Lipinski definition) is 4. The Bertz CT molecular complexity index is 535. The average Bonchev–Trinajstić information content (AvgIpc) is 2.84. The standard InChI is InChI=1S/C11H10BrNO2S2/c1-6(4-10(14)15)11-13-7(5-16-11)8-2-3-9(12)17-8/h2-3,5-6H,4H2,1H3,(H,14,15). The van der Waals surface area contributed by atoms with E-state index < -0.39 is 5.97 Å². The number of nitrogens with zero attached hydrogens (tertiary/aromatic N) is 1. The van der Waals surface area contributed by atoms with Crippen molar-refractivity contribution in [3.8, 4) is 10.6 Å². The molecule has 90 valence electrons. The van der Waals surface area contributed by atoms with Crippen molar-refractivity contribution in [2.45, 2.75) is 19.3 Å². The molecule has 1 atom stereocenters. The number of aliphatic carboxylic acids is 1. The SMILES string of the molecule is CC(CC(=O)O)c1nc(-c2ccc(Br)s2)cs1. The van der Waals surface area contributed by atoms with Crippen LogP contribution in [-0.4, -0.2) is 16.1 Å². The first-order valence-electron chi connectivity index (χ1n) is 4.99. The molecule has 1 unspecified atom stereocenters. The fraction of sp³-hybridized carbons (Fsp3) is 0.273. The van der Waals surface area contributed by atoms with Crippen LogP contribution in [0.5, 0.6) is 0 Å². The summed E-state index contributed by atoms with van der Waals surface area (Å²) in [6.45, 7) is 1.89. The molecule has 1 N–H and O–H groups in total. The summed E-state index contributed by atoms with van der Waals surface area (Å²) in [6, 6.07) is 4.00. The lowest BCUT2D eigenvalue weighted by atomic mass is 10.1.